The van der Waals surface area contributed by atoms with Gasteiger partial charge in [0.25, 0.3) is 0 Å². The van der Waals surface area contributed by atoms with E-state index in [4.69, 9.17) is 4.74 Å². The van der Waals surface area contributed by atoms with Gasteiger partial charge in [-0.25, -0.2) is 0 Å². The fraction of sp³-hybridized carbons (Fsp3) is 0.846. The second-order valence-corrected chi connectivity index (χ2v) is 4.77. The highest BCUT2D eigenvalue weighted by atomic mass is 16.5. The highest BCUT2D eigenvalue weighted by molar-refractivity contribution is 5.14. The molecule has 2 nitrogen and oxygen atoms in total. The molecule has 0 aromatic rings. The first-order valence-electron chi connectivity index (χ1n) is 6.36. The van der Waals surface area contributed by atoms with E-state index < -0.39 is 0 Å². The van der Waals surface area contributed by atoms with Crippen LogP contribution in [-0.2, 0) is 4.74 Å². The zero-order chi connectivity index (χ0) is 10.5. The van der Waals surface area contributed by atoms with Gasteiger partial charge in [-0.1, -0.05) is 11.6 Å². The molecule has 0 aromatic heterocycles. The maximum absolute atomic E-state index is 5.59. The van der Waals surface area contributed by atoms with Crippen LogP contribution in [0, 0.1) is 5.92 Å². The minimum absolute atomic E-state index is 0.575. The number of hydrogen-bond acceptors (Lipinski definition) is 2. The molecule has 1 heterocycles. The Kier molecular flexibility index (Phi) is 4.21. The summed E-state index contributed by atoms with van der Waals surface area (Å²) in [5.41, 5.74) is 1.64. The summed E-state index contributed by atoms with van der Waals surface area (Å²) in [6.07, 6.45) is 10.3. The smallest absolute Gasteiger partial charge is 0.0512 e. The summed E-state index contributed by atoms with van der Waals surface area (Å²) in [6.45, 7) is 1.91. The van der Waals surface area contributed by atoms with E-state index in [1.54, 1.807) is 5.57 Å². The Morgan fingerprint density at radius 1 is 1.40 bits per heavy atom. The quantitative estimate of drug-likeness (QED) is 0.721. The predicted octanol–water partition coefficient (Wildman–Crippen LogP) is 2.50. The fourth-order valence-electron chi connectivity index (χ4n) is 2.90. The first-order chi connectivity index (χ1) is 7.42. The van der Waals surface area contributed by atoms with Crippen molar-refractivity contribution in [2.24, 2.45) is 5.92 Å². The van der Waals surface area contributed by atoms with Gasteiger partial charge >= 0.3 is 0 Å². The van der Waals surface area contributed by atoms with Crippen molar-refractivity contribution in [2.75, 3.05) is 20.3 Å². The molecule has 2 atom stereocenters. The fourth-order valence-corrected chi connectivity index (χ4v) is 2.90. The molecule has 1 saturated heterocycles. The van der Waals surface area contributed by atoms with E-state index in [0.29, 0.717) is 12.0 Å². The molecule has 2 heteroatoms. The lowest BCUT2D eigenvalue weighted by Gasteiger charge is -2.33. The normalized spacial score (nSPS) is 29.7. The zero-order valence-corrected chi connectivity index (χ0v) is 9.80. The maximum atomic E-state index is 5.59. The Bertz CT molecular complexity index is 219. The molecule has 2 unspecified atom stereocenters. The van der Waals surface area contributed by atoms with Crippen molar-refractivity contribution in [2.45, 2.75) is 44.6 Å². The van der Waals surface area contributed by atoms with Gasteiger partial charge in [0.2, 0.25) is 0 Å². The molecule has 0 radical (unpaired) electrons. The monoisotopic (exact) mass is 209 g/mol. The second-order valence-electron chi connectivity index (χ2n) is 4.77. The third-order valence-electron chi connectivity index (χ3n) is 3.70. The largest absolute Gasteiger partial charge is 0.381 e. The van der Waals surface area contributed by atoms with Crippen LogP contribution in [0.3, 0.4) is 0 Å². The van der Waals surface area contributed by atoms with Gasteiger partial charge in [0.05, 0.1) is 6.61 Å². The van der Waals surface area contributed by atoms with Crippen LogP contribution < -0.4 is 5.32 Å². The Morgan fingerprint density at radius 2 is 2.33 bits per heavy atom. The standard InChI is InChI=1S/C13H23NO/c1-14-13(11-6-3-2-4-7-11)12-8-5-9-15-10-12/h6,12-14H,2-5,7-10H2,1H3. The van der Waals surface area contributed by atoms with Crippen LogP contribution in [0.5, 0.6) is 0 Å². The average Bonchev–Trinajstić information content (AvgIpc) is 2.33. The third kappa shape index (κ3) is 2.82. The Morgan fingerprint density at radius 3 is 2.93 bits per heavy atom. The van der Waals surface area contributed by atoms with Gasteiger partial charge < -0.3 is 10.1 Å². The zero-order valence-electron chi connectivity index (χ0n) is 9.80. The van der Waals surface area contributed by atoms with E-state index in [0.717, 1.165) is 13.2 Å². The highest BCUT2D eigenvalue weighted by Crippen LogP contribution is 2.28. The lowest BCUT2D eigenvalue weighted by molar-refractivity contribution is 0.0447. The molecule has 1 N–H and O–H groups in total. The second kappa shape index (κ2) is 5.66. The molecule has 0 bridgehead atoms. The van der Waals surface area contributed by atoms with Crippen molar-refractivity contribution in [3.05, 3.63) is 11.6 Å². The number of likely N-dealkylation sites (N-methyl/N-ethyl adjacent to an activating group) is 1. The van der Waals surface area contributed by atoms with Gasteiger partial charge in [-0.2, -0.15) is 0 Å². The van der Waals surface area contributed by atoms with Gasteiger partial charge in [0.15, 0.2) is 0 Å². The average molecular weight is 209 g/mol. The van der Waals surface area contributed by atoms with Crippen LogP contribution >= 0.6 is 0 Å². The van der Waals surface area contributed by atoms with Gasteiger partial charge in [0, 0.05) is 18.6 Å². The topological polar surface area (TPSA) is 21.3 Å². The molecule has 0 spiro atoms. The van der Waals surface area contributed by atoms with Crippen LogP contribution in [0.4, 0.5) is 0 Å². The molecule has 0 aromatic carbocycles. The summed E-state index contributed by atoms with van der Waals surface area (Å²) in [6, 6.07) is 0.575. The molecule has 1 aliphatic carbocycles. The van der Waals surface area contributed by atoms with Crippen LogP contribution in [0.2, 0.25) is 0 Å². The molecule has 0 saturated carbocycles. The molecular weight excluding hydrogens is 186 g/mol. The summed E-state index contributed by atoms with van der Waals surface area (Å²) in [4.78, 5) is 0. The Balaban J connectivity index is 1.98. The van der Waals surface area contributed by atoms with Crippen molar-refractivity contribution < 1.29 is 4.74 Å². The van der Waals surface area contributed by atoms with Gasteiger partial charge in [-0.3, -0.25) is 0 Å². The van der Waals surface area contributed by atoms with Crippen molar-refractivity contribution in [1.29, 1.82) is 0 Å². The van der Waals surface area contributed by atoms with E-state index >= 15 is 0 Å². The minimum Gasteiger partial charge on any atom is -0.381 e. The molecule has 86 valence electrons. The first-order valence-corrected chi connectivity index (χ1v) is 6.36. The van der Waals surface area contributed by atoms with E-state index in [9.17, 15) is 0 Å². The SMILES string of the molecule is CNC(C1=CCCCC1)C1CCCOC1. The lowest BCUT2D eigenvalue weighted by Crippen LogP contribution is -2.40. The molecular formula is C13H23NO. The summed E-state index contributed by atoms with van der Waals surface area (Å²) < 4.78 is 5.59. The van der Waals surface area contributed by atoms with E-state index in [-0.39, 0.29) is 0 Å². The maximum Gasteiger partial charge on any atom is 0.0512 e. The number of ether oxygens (including phenoxy) is 1. The summed E-state index contributed by atoms with van der Waals surface area (Å²) in [7, 11) is 2.09. The minimum atomic E-state index is 0.575. The summed E-state index contributed by atoms with van der Waals surface area (Å²) in [5.74, 6) is 0.702. The predicted molar refractivity (Wildman–Crippen MR) is 62.9 cm³/mol. The molecule has 1 aliphatic heterocycles. The van der Waals surface area contributed by atoms with Crippen LogP contribution in [0.15, 0.2) is 11.6 Å². The van der Waals surface area contributed by atoms with Crippen molar-refractivity contribution in [1.82, 2.24) is 5.32 Å². The third-order valence-corrected chi connectivity index (χ3v) is 3.70. The molecule has 1 fully saturated rings. The number of rotatable bonds is 3. The number of allylic oxidation sites excluding steroid dienone is 1. The first kappa shape index (κ1) is 11.2. The molecule has 2 aliphatic rings. The lowest BCUT2D eigenvalue weighted by atomic mass is 9.84. The number of nitrogens with one attached hydrogen (secondary N) is 1. The van der Waals surface area contributed by atoms with E-state index in [1.165, 1.54) is 38.5 Å². The molecule has 2 rings (SSSR count). The van der Waals surface area contributed by atoms with Crippen molar-refractivity contribution in [3.63, 3.8) is 0 Å². The van der Waals surface area contributed by atoms with Crippen molar-refractivity contribution >= 4 is 0 Å². The van der Waals surface area contributed by atoms with Crippen LogP contribution in [-0.4, -0.2) is 26.3 Å². The summed E-state index contributed by atoms with van der Waals surface area (Å²) in [5, 5.41) is 3.49. The van der Waals surface area contributed by atoms with Crippen LogP contribution in [0.25, 0.3) is 0 Å². The van der Waals surface area contributed by atoms with Gasteiger partial charge in [-0.15, -0.1) is 0 Å². The van der Waals surface area contributed by atoms with E-state index in [2.05, 4.69) is 18.4 Å². The van der Waals surface area contributed by atoms with Crippen LogP contribution in [0.1, 0.15) is 38.5 Å². The number of hydrogen-bond donors (Lipinski definition) is 1. The molecule has 0 amide bonds. The molecule has 15 heavy (non-hydrogen) atoms. The highest BCUT2D eigenvalue weighted by Gasteiger charge is 2.26. The Hall–Kier alpha value is -0.340. The Labute approximate surface area is 93.1 Å². The van der Waals surface area contributed by atoms with Crippen molar-refractivity contribution in [3.8, 4) is 0 Å². The summed E-state index contributed by atoms with van der Waals surface area (Å²) >= 11 is 0. The van der Waals surface area contributed by atoms with Gasteiger partial charge in [0.1, 0.15) is 0 Å². The van der Waals surface area contributed by atoms with E-state index in [1.807, 2.05) is 0 Å². The van der Waals surface area contributed by atoms with Gasteiger partial charge in [-0.05, 0) is 45.6 Å².